The van der Waals surface area contributed by atoms with Gasteiger partial charge in [-0.25, -0.2) is 4.98 Å². The number of amides is 1. The van der Waals surface area contributed by atoms with Crippen LogP contribution in [-0.4, -0.2) is 48.1 Å². The third kappa shape index (κ3) is 3.45. The highest BCUT2D eigenvalue weighted by Crippen LogP contribution is 2.11. The lowest BCUT2D eigenvalue weighted by Gasteiger charge is -2.29. The van der Waals surface area contributed by atoms with Crippen LogP contribution < -0.4 is 5.32 Å². The highest BCUT2D eigenvalue weighted by atomic mass is 16.5. The summed E-state index contributed by atoms with van der Waals surface area (Å²) in [6, 6.07) is 5.58. The van der Waals surface area contributed by atoms with Crippen LogP contribution in [0.3, 0.4) is 0 Å². The molecule has 106 valence electrons. The molecule has 0 bridgehead atoms. The molecule has 2 heterocycles. The highest BCUT2D eigenvalue weighted by molar-refractivity contribution is 5.92. The first kappa shape index (κ1) is 14.3. The average molecular weight is 274 g/mol. The number of carbonyl (C=O) groups is 1. The monoisotopic (exact) mass is 274 g/mol. The summed E-state index contributed by atoms with van der Waals surface area (Å²) in [4.78, 5) is 18.1. The zero-order chi connectivity index (χ0) is 14.4. The Morgan fingerprint density at radius 3 is 3.15 bits per heavy atom. The lowest BCUT2D eigenvalue weighted by molar-refractivity contribution is 0.00320. The number of nitrogens with one attached hydrogen (secondary N) is 1. The van der Waals surface area contributed by atoms with Crippen LogP contribution in [0.2, 0.25) is 0 Å². The molecule has 1 aliphatic rings. The second-order valence-corrected chi connectivity index (χ2v) is 4.60. The Labute approximate surface area is 118 Å². The Balaban J connectivity index is 2.00. The van der Waals surface area contributed by atoms with Crippen LogP contribution in [0.1, 0.15) is 23.8 Å². The van der Waals surface area contributed by atoms with E-state index in [1.165, 1.54) is 0 Å². The number of carbonyl (C=O) groups excluding carboxylic acids is 1. The molecule has 1 aromatic heterocycles. The van der Waals surface area contributed by atoms with E-state index in [4.69, 9.17) is 10.00 Å². The summed E-state index contributed by atoms with van der Waals surface area (Å²) >= 11 is 0. The molecule has 1 unspecified atom stereocenters. The van der Waals surface area contributed by atoms with E-state index < -0.39 is 6.10 Å². The minimum atomic E-state index is -0.543. The topological polar surface area (TPSA) is 78.3 Å². The Kier molecular flexibility index (Phi) is 4.91. The molecule has 1 atom stereocenters. The average Bonchev–Trinajstić information content (AvgIpc) is 2.52. The summed E-state index contributed by atoms with van der Waals surface area (Å²) in [5.74, 6) is -0.157. The smallest absolute Gasteiger partial charge is 0.272 e. The molecule has 2 rings (SSSR count). The van der Waals surface area contributed by atoms with Gasteiger partial charge in [0.15, 0.2) is 6.10 Å². The number of hydrogen-bond donors (Lipinski definition) is 1. The van der Waals surface area contributed by atoms with Crippen LogP contribution in [0.5, 0.6) is 0 Å². The second kappa shape index (κ2) is 6.87. The molecule has 1 saturated heterocycles. The first-order valence-electron chi connectivity index (χ1n) is 6.75. The minimum absolute atomic E-state index is 0.157. The van der Waals surface area contributed by atoms with Crippen LogP contribution in [0.4, 0.5) is 5.69 Å². The van der Waals surface area contributed by atoms with Crippen molar-refractivity contribution in [2.45, 2.75) is 19.4 Å². The summed E-state index contributed by atoms with van der Waals surface area (Å²) in [7, 11) is 0. The van der Waals surface area contributed by atoms with Gasteiger partial charge in [0, 0.05) is 13.1 Å². The fraction of sp³-hybridized carbons (Fsp3) is 0.500. The van der Waals surface area contributed by atoms with Crippen molar-refractivity contribution in [1.29, 1.82) is 5.26 Å². The van der Waals surface area contributed by atoms with Crippen molar-refractivity contribution in [2.24, 2.45) is 0 Å². The Bertz CT molecular complexity index is 495. The number of ether oxygens (including phenoxy) is 1. The van der Waals surface area contributed by atoms with Crippen molar-refractivity contribution in [1.82, 2.24) is 9.88 Å². The van der Waals surface area contributed by atoms with Crippen LogP contribution in [0, 0.1) is 11.3 Å². The van der Waals surface area contributed by atoms with E-state index >= 15 is 0 Å². The quantitative estimate of drug-likeness (QED) is 0.894. The van der Waals surface area contributed by atoms with Gasteiger partial charge in [-0.1, -0.05) is 6.92 Å². The molecule has 1 aliphatic heterocycles. The summed E-state index contributed by atoms with van der Waals surface area (Å²) in [5.41, 5.74) is 1.30. The van der Waals surface area contributed by atoms with E-state index in [9.17, 15) is 4.79 Å². The van der Waals surface area contributed by atoms with Gasteiger partial charge in [0.2, 0.25) is 0 Å². The van der Waals surface area contributed by atoms with E-state index in [-0.39, 0.29) is 5.91 Å². The standard InChI is InChI=1S/C14H18N4O2/c1-2-5-16-11-3-4-13(17-9-11)14(19)18-6-7-20-12(8-15)10-18/h3-4,9,12,16H,2,5-7,10H2,1H3. The molecule has 1 aromatic rings. The number of rotatable bonds is 4. The first-order valence-corrected chi connectivity index (χ1v) is 6.75. The number of anilines is 1. The number of nitriles is 1. The fourth-order valence-corrected chi connectivity index (χ4v) is 1.97. The van der Waals surface area contributed by atoms with Crippen LogP contribution in [0.15, 0.2) is 18.3 Å². The van der Waals surface area contributed by atoms with Crippen molar-refractivity contribution < 1.29 is 9.53 Å². The highest BCUT2D eigenvalue weighted by Gasteiger charge is 2.25. The van der Waals surface area contributed by atoms with Gasteiger partial charge in [-0.05, 0) is 18.6 Å². The zero-order valence-electron chi connectivity index (χ0n) is 11.5. The van der Waals surface area contributed by atoms with Crippen molar-refractivity contribution in [3.05, 3.63) is 24.0 Å². The molecular formula is C14H18N4O2. The molecule has 1 N–H and O–H groups in total. The summed E-state index contributed by atoms with van der Waals surface area (Å²) in [6.07, 6.45) is 2.15. The molecule has 0 saturated carbocycles. The molecular weight excluding hydrogens is 256 g/mol. The minimum Gasteiger partial charge on any atom is -0.384 e. The van der Waals surface area contributed by atoms with Gasteiger partial charge in [0.1, 0.15) is 5.69 Å². The molecule has 0 radical (unpaired) electrons. The van der Waals surface area contributed by atoms with Crippen LogP contribution in [0.25, 0.3) is 0 Å². The molecule has 0 spiro atoms. The van der Waals surface area contributed by atoms with Gasteiger partial charge in [0.25, 0.3) is 5.91 Å². The Morgan fingerprint density at radius 1 is 1.65 bits per heavy atom. The largest absolute Gasteiger partial charge is 0.384 e. The van der Waals surface area contributed by atoms with Crippen molar-refractivity contribution in [3.8, 4) is 6.07 Å². The van der Waals surface area contributed by atoms with Crippen molar-refractivity contribution in [3.63, 3.8) is 0 Å². The maximum absolute atomic E-state index is 12.3. The number of nitrogens with zero attached hydrogens (tertiary/aromatic N) is 3. The SMILES string of the molecule is CCCNc1ccc(C(=O)N2CCOC(C#N)C2)nc1. The van der Waals surface area contributed by atoms with Gasteiger partial charge in [-0.3, -0.25) is 4.79 Å². The van der Waals surface area contributed by atoms with Crippen LogP contribution in [-0.2, 0) is 4.74 Å². The summed E-state index contributed by atoms with van der Waals surface area (Å²) in [5, 5.41) is 12.0. The van der Waals surface area contributed by atoms with Gasteiger partial charge < -0.3 is 15.0 Å². The van der Waals surface area contributed by atoms with Crippen molar-refractivity contribution in [2.75, 3.05) is 31.6 Å². The zero-order valence-corrected chi connectivity index (χ0v) is 11.5. The van der Waals surface area contributed by atoms with E-state index in [0.29, 0.717) is 25.4 Å². The van der Waals surface area contributed by atoms with E-state index in [1.54, 1.807) is 17.2 Å². The molecule has 0 aromatic carbocycles. The Hall–Kier alpha value is -2.13. The molecule has 1 fully saturated rings. The normalized spacial score (nSPS) is 18.4. The maximum atomic E-state index is 12.3. The van der Waals surface area contributed by atoms with Crippen molar-refractivity contribution >= 4 is 11.6 Å². The Morgan fingerprint density at radius 2 is 2.50 bits per heavy atom. The number of morpholine rings is 1. The fourth-order valence-electron chi connectivity index (χ4n) is 1.97. The lowest BCUT2D eigenvalue weighted by Crippen LogP contribution is -2.45. The molecule has 6 heteroatoms. The maximum Gasteiger partial charge on any atom is 0.272 e. The van der Waals surface area contributed by atoms with Gasteiger partial charge in [0.05, 0.1) is 31.1 Å². The van der Waals surface area contributed by atoms with Gasteiger partial charge in [-0.2, -0.15) is 5.26 Å². The summed E-state index contributed by atoms with van der Waals surface area (Å²) in [6.45, 7) is 4.14. The lowest BCUT2D eigenvalue weighted by atomic mass is 10.2. The van der Waals surface area contributed by atoms with Gasteiger partial charge >= 0.3 is 0 Å². The van der Waals surface area contributed by atoms with E-state index in [0.717, 1.165) is 18.7 Å². The predicted octanol–water partition coefficient (Wildman–Crippen LogP) is 1.27. The van der Waals surface area contributed by atoms with E-state index in [2.05, 4.69) is 17.2 Å². The predicted molar refractivity (Wildman–Crippen MR) is 74.3 cm³/mol. The second-order valence-electron chi connectivity index (χ2n) is 4.60. The first-order chi connectivity index (χ1) is 9.74. The van der Waals surface area contributed by atoms with E-state index in [1.807, 2.05) is 12.1 Å². The molecule has 1 amide bonds. The van der Waals surface area contributed by atoms with Crippen LogP contribution >= 0.6 is 0 Å². The molecule has 20 heavy (non-hydrogen) atoms. The third-order valence-corrected chi connectivity index (χ3v) is 3.06. The number of hydrogen-bond acceptors (Lipinski definition) is 5. The molecule has 0 aliphatic carbocycles. The summed E-state index contributed by atoms with van der Waals surface area (Å²) < 4.78 is 5.22. The number of pyridine rings is 1. The number of aromatic nitrogens is 1. The third-order valence-electron chi connectivity index (χ3n) is 3.06. The van der Waals surface area contributed by atoms with Gasteiger partial charge in [-0.15, -0.1) is 0 Å². The molecule has 6 nitrogen and oxygen atoms in total.